The van der Waals surface area contributed by atoms with Crippen molar-refractivity contribution in [3.8, 4) is 11.1 Å². The fourth-order valence-electron chi connectivity index (χ4n) is 4.07. The first-order valence-corrected chi connectivity index (χ1v) is 9.86. The number of esters is 1. The van der Waals surface area contributed by atoms with Crippen molar-refractivity contribution in [3.63, 3.8) is 0 Å². The summed E-state index contributed by atoms with van der Waals surface area (Å²) in [5.41, 5.74) is 3.38. The Labute approximate surface area is 157 Å². The van der Waals surface area contributed by atoms with Gasteiger partial charge in [-0.05, 0) is 47.3 Å². The lowest BCUT2D eigenvalue weighted by Gasteiger charge is -2.36. The minimum absolute atomic E-state index is 0.0786. The molecule has 1 fully saturated rings. The number of carbonyl (C=O) groups excluding carboxylic acids is 1. The van der Waals surface area contributed by atoms with Gasteiger partial charge >= 0.3 is 5.97 Å². The van der Waals surface area contributed by atoms with Crippen molar-refractivity contribution in [1.29, 1.82) is 0 Å². The van der Waals surface area contributed by atoms with E-state index in [-0.39, 0.29) is 12.1 Å². The Morgan fingerprint density at radius 3 is 2.31 bits per heavy atom. The number of rotatable bonds is 5. The number of hydrogen-bond acceptors (Lipinski definition) is 2. The molecule has 0 aliphatic heterocycles. The largest absolute Gasteiger partial charge is 0.462 e. The molecule has 1 aliphatic rings. The van der Waals surface area contributed by atoms with Crippen molar-refractivity contribution in [3.05, 3.63) is 60.2 Å². The molecule has 0 spiro atoms. The van der Waals surface area contributed by atoms with Crippen molar-refractivity contribution in [2.45, 2.75) is 52.6 Å². The van der Waals surface area contributed by atoms with E-state index in [9.17, 15) is 4.79 Å². The molecular formula is C24H30O2. The second-order valence-corrected chi connectivity index (χ2v) is 8.09. The summed E-state index contributed by atoms with van der Waals surface area (Å²) in [6, 6.07) is 18.5. The van der Waals surface area contributed by atoms with E-state index in [4.69, 9.17) is 4.74 Å². The van der Waals surface area contributed by atoms with Crippen LogP contribution in [0.15, 0.2) is 54.6 Å². The van der Waals surface area contributed by atoms with E-state index < -0.39 is 0 Å². The quantitative estimate of drug-likeness (QED) is 0.628. The highest BCUT2D eigenvalue weighted by molar-refractivity contribution is 5.73. The standard InChI is InChI=1S/C24H30O2/c1-17(2)22-14-9-18(3)15-23(22)26-24(25)16-19-10-12-21(13-11-19)20-7-5-4-6-8-20/h4-8,10-13,17-18,22-23H,9,14-16H2,1-3H3/t18-,22+,23-/m1/s1. The summed E-state index contributed by atoms with van der Waals surface area (Å²) in [5, 5.41) is 0. The minimum Gasteiger partial charge on any atom is -0.462 e. The summed E-state index contributed by atoms with van der Waals surface area (Å²) in [5.74, 6) is 1.61. The van der Waals surface area contributed by atoms with Gasteiger partial charge in [0.25, 0.3) is 0 Å². The summed E-state index contributed by atoms with van der Waals surface area (Å²) in [4.78, 5) is 12.5. The number of ether oxygens (including phenoxy) is 1. The van der Waals surface area contributed by atoms with Crippen molar-refractivity contribution < 1.29 is 9.53 Å². The van der Waals surface area contributed by atoms with Crippen LogP contribution in [0.3, 0.4) is 0 Å². The first kappa shape index (κ1) is 18.7. The molecule has 1 saturated carbocycles. The molecule has 0 heterocycles. The molecule has 0 amide bonds. The van der Waals surface area contributed by atoms with Gasteiger partial charge in [0.2, 0.25) is 0 Å². The third-order valence-corrected chi connectivity index (χ3v) is 5.65. The third-order valence-electron chi connectivity index (χ3n) is 5.65. The summed E-state index contributed by atoms with van der Waals surface area (Å²) in [6.45, 7) is 6.74. The molecule has 2 aromatic rings. The molecule has 1 aliphatic carbocycles. The highest BCUT2D eigenvalue weighted by atomic mass is 16.5. The third kappa shape index (κ3) is 4.75. The summed E-state index contributed by atoms with van der Waals surface area (Å²) in [7, 11) is 0. The maximum Gasteiger partial charge on any atom is 0.310 e. The average Bonchev–Trinajstić information content (AvgIpc) is 2.63. The van der Waals surface area contributed by atoms with Gasteiger partial charge in [0.05, 0.1) is 6.42 Å². The molecule has 0 aromatic heterocycles. The number of hydrogen-bond donors (Lipinski definition) is 0. The topological polar surface area (TPSA) is 26.3 Å². The van der Waals surface area contributed by atoms with Crippen LogP contribution < -0.4 is 0 Å². The Morgan fingerprint density at radius 1 is 1.00 bits per heavy atom. The van der Waals surface area contributed by atoms with Crippen LogP contribution in [0.1, 0.15) is 45.6 Å². The molecule has 2 aromatic carbocycles. The van der Waals surface area contributed by atoms with Crippen molar-refractivity contribution >= 4 is 5.97 Å². The zero-order valence-corrected chi connectivity index (χ0v) is 16.2. The van der Waals surface area contributed by atoms with E-state index in [0.29, 0.717) is 24.2 Å². The van der Waals surface area contributed by atoms with Gasteiger partial charge in [0.15, 0.2) is 0 Å². The van der Waals surface area contributed by atoms with Gasteiger partial charge in [0.1, 0.15) is 6.10 Å². The Morgan fingerprint density at radius 2 is 1.65 bits per heavy atom. The predicted molar refractivity (Wildman–Crippen MR) is 107 cm³/mol. The molecule has 26 heavy (non-hydrogen) atoms. The van der Waals surface area contributed by atoms with Crippen molar-refractivity contribution in [1.82, 2.24) is 0 Å². The highest BCUT2D eigenvalue weighted by Crippen LogP contribution is 2.35. The predicted octanol–water partition coefficient (Wildman–Crippen LogP) is 5.90. The van der Waals surface area contributed by atoms with Gasteiger partial charge in [-0.3, -0.25) is 4.79 Å². The van der Waals surface area contributed by atoms with E-state index in [1.54, 1.807) is 0 Å². The second-order valence-electron chi connectivity index (χ2n) is 8.09. The lowest BCUT2D eigenvalue weighted by Crippen LogP contribution is -2.36. The molecule has 0 bridgehead atoms. The van der Waals surface area contributed by atoms with Crippen LogP contribution in [0, 0.1) is 17.8 Å². The van der Waals surface area contributed by atoms with Gasteiger partial charge in [-0.2, -0.15) is 0 Å². The normalized spacial score (nSPS) is 23.0. The molecule has 0 N–H and O–H groups in total. The van der Waals surface area contributed by atoms with Crippen LogP contribution in [-0.2, 0) is 16.0 Å². The van der Waals surface area contributed by atoms with Gasteiger partial charge in [-0.15, -0.1) is 0 Å². The molecular weight excluding hydrogens is 320 g/mol. The van der Waals surface area contributed by atoms with E-state index in [2.05, 4.69) is 45.0 Å². The maximum absolute atomic E-state index is 12.5. The van der Waals surface area contributed by atoms with Crippen LogP contribution in [0.5, 0.6) is 0 Å². The average molecular weight is 351 g/mol. The van der Waals surface area contributed by atoms with Gasteiger partial charge < -0.3 is 4.74 Å². The Balaban J connectivity index is 1.60. The van der Waals surface area contributed by atoms with E-state index >= 15 is 0 Å². The number of carbonyl (C=O) groups is 1. The van der Waals surface area contributed by atoms with E-state index in [0.717, 1.165) is 12.0 Å². The molecule has 2 heteroatoms. The Kier molecular flexibility index (Phi) is 6.13. The van der Waals surface area contributed by atoms with Gasteiger partial charge in [-0.25, -0.2) is 0 Å². The van der Waals surface area contributed by atoms with Crippen LogP contribution in [0.25, 0.3) is 11.1 Å². The Bertz CT molecular complexity index is 703. The Hall–Kier alpha value is -2.09. The first-order chi connectivity index (χ1) is 12.5. The van der Waals surface area contributed by atoms with Crippen LogP contribution in [0.4, 0.5) is 0 Å². The monoisotopic (exact) mass is 350 g/mol. The SMILES string of the molecule is CC(C)[C@@H]1CC[C@@H](C)C[C@H]1OC(=O)Cc1ccc(-c2ccccc2)cc1. The molecule has 2 nitrogen and oxygen atoms in total. The van der Waals surface area contributed by atoms with Crippen molar-refractivity contribution in [2.75, 3.05) is 0 Å². The second kappa shape index (κ2) is 8.53. The number of benzene rings is 2. The highest BCUT2D eigenvalue weighted by Gasteiger charge is 2.33. The minimum atomic E-state index is -0.0952. The first-order valence-electron chi connectivity index (χ1n) is 9.86. The fourth-order valence-corrected chi connectivity index (χ4v) is 4.07. The van der Waals surface area contributed by atoms with Crippen LogP contribution in [-0.4, -0.2) is 12.1 Å². The zero-order chi connectivity index (χ0) is 18.5. The smallest absolute Gasteiger partial charge is 0.310 e. The summed E-state index contributed by atoms with van der Waals surface area (Å²) < 4.78 is 5.92. The molecule has 0 unspecified atom stereocenters. The molecule has 0 saturated heterocycles. The van der Waals surface area contributed by atoms with E-state index in [1.807, 2.05) is 30.3 Å². The van der Waals surface area contributed by atoms with Gasteiger partial charge in [0, 0.05) is 0 Å². The zero-order valence-electron chi connectivity index (χ0n) is 16.2. The lowest BCUT2D eigenvalue weighted by atomic mass is 9.75. The van der Waals surface area contributed by atoms with Crippen LogP contribution >= 0.6 is 0 Å². The van der Waals surface area contributed by atoms with Crippen LogP contribution in [0.2, 0.25) is 0 Å². The summed E-state index contributed by atoms with van der Waals surface area (Å²) >= 11 is 0. The molecule has 0 radical (unpaired) electrons. The van der Waals surface area contributed by atoms with E-state index in [1.165, 1.54) is 24.0 Å². The lowest BCUT2D eigenvalue weighted by molar-refractivity contribution is -0.155. The maximum atomic E-state index is 12.5. The fraction of sp³-hybridized carbons (Fsp3) is 0.458. The molecule has 3 rings (SSSR count). The van der Waals surface area contributed by atoms with Gasteiger partial charge in [-0.1, -0.05) is 81.8 Å². The van der Waals surface area contributed by atoms with Crippen molar-refractivity contribution in [2.24, 2.45) is 17.8 Å². The summed E-state index contributed by atoms with van der Waals surface area (Å²) in [6.07, 6.45) is 3.85. The molecule has 3 atom stereocenters. The molecule has 138 valence electrons.